The van der Waals surface area contributed by atoms with Crippen molar-refractivity contribution >= 4 is 34.8 Å². The van der Waals surface area contributed by atoms with Crippen LogP contribution in [0, 0.1) is 17.1 Å². The summed E-state index contributed by atoms with van der Waals surface area (Å²) in [5.74, 6) is -1.24. The van der Waals surface area contributed by atoms with Crippen LogP contribution >= 0.6 is 22.9 Å². The molecule has 4 rings (SSSR count). The standard InChI is InChI=1S/C20H12ClFN4O2S/c21-14-3-1-2-11(7-14)17-18(12-4-5-15(22)13(6-12)8-23)29-19(25-17)20(28)26-9-16(27)24-10-26/h1-7H,9-10H2,(H,24,27). The Hall–Kier alpha value is -3.28. The van der Waals surface area contributed by atoms with Gasteiger partial charge in [0.1, 0.15) is 18.4 Å². The monoisotopic (exact) mass is 426 g/mol. The topological polar surface area (TPSA) is 86.1 Å². The van der Waals surface area contributed by atoms with Crippen molar-refractivity contribution in [2.75, 3.05) is 13.2 Å². The smallest absolute Gasteiger partial charge is 0.284 e. The molecule has 0 atom stereocenters. The second-order valence-electron chi connectivity index (χ2n) is 6.27. The first-order chi connectivity index (χ1) is 14.0. The maximum atomic E-state index is 13.8. The maximum absolute atomic E-state index is 13.8. The number of nitriles is 1. The third kappa shape index (κ3) is 3.70. The Morgan fingerprint density at radius 3 is 2.79 bits per heavy atom. The van der Waals surface area contributed by atoms with E-state index in [0.717, 1.165) is 11.3 Å². The van der Waals surface area contributed by atoms with Gasteiger partial charge in [-0.05, 0) is 29.8 Å². The zero-order valence-corrected chi connectivity index (χ0v) is 16.4. The third-order valence-corrected chi connectivity index (χ3v) is 5.67. The Balaban J connectivity index is 1.84. The normalized spacial score (nSPS) is 13.3. The van der Waals surface area contributed by atoms with E-state index >= 15 is 0 Å². The van der Waals surface area contributed by atoms with Crippen LogP contribution < -0.4 is 5.32 Å². The van der Waals surface area contributed by atoms with Crippen molar-refractivity contribution in [1.29, 1.82) is 5.26 Å². The number of carbonyl (C=O) groups is 2. The van der Waals surface area contributed by atoms with Gasteiger partial charge < -0.3 is 10.2 Å². The Morgan fingerprint density at radius 1 is 1.28 bits per heavy atom. The van der Waals surface area contributed by atoms with Crippen molar-refractivity contribution in [3.05, 3.63) is 63.9 Å². The van der Waals surface area contributed by atoms with Crippen molar-refractivity contribution in [3.63, 3.8) is 0 Å². The molecule has 0 bridgehead atoms. The highest BCUT2D eigenvalue weighted by molar-refractivity contribution is 7.17. The predicted molar refractivity (Wildman–Crippen MR) is 107 cm³/mol. The molecule has 144 valence electrons. The van der Waals surface area contributed by atoms with Gasteiger partial charge in [-0.2, -0.15) is 5.26 Å². The molecule has 3 aromatic rings. The van der Waals surface area contributed by atoms with Crippen LogP contribution in [0.25, 0.3) is 21.7 Å². The average Bonchev–Trinajstić information content (AvgIpc) is 3.35. The number of rotatable bonds is 3. The minimum absolute atomic E-state index is 0.0324. The summed E-state index contributed by atoms with van der Waals surface area (Å²) < 4.78 is 13.8. The van der Waals surface area contributed by atoms with E-state index in [0.29, 0.717) is 26.7 Å². The van der Waals surface area contributed by atoms with Gasteiger partial charge in [-0.25, -0.2) is 9.37 Å². The maximum Gasteiger partial charge on any atom is 0.284 e. The number of benzene rings is 2. The molecule has 1 fully saturated rings. The Morgan fingerprint density at radius 2 is 2.10 bits per heavy atom. The van der Waals surface area contributed by atoms with Crippen LogP contribution in [0.15, 0.2) is 42.5 Å². The molecule has 2 heterocycles. The van der Waals surface area contributed by atoms with Gasteiger partial charge in [0.15, 0.2) is 5.01 Å². The zero-order valence-electron chi connectivity index (χ0n) is 14.8. The van der Waals surface area contributed by atoms with Gasteiger partial charge in [-0.15, -0.1) is 11.3 Å². The van der Waals surface area contributed by atoms with Crippen LogP contribution in [0.1, 0.15) is 15.4 Å². The summed E-state index contributed by atoms with van der Waals surface area (Å²) in [4.78, 5) is 30.7. The number of hydrogen-bond acceptors (Lipinski definition) is 5. The summed E-state index contributed by atoms with van der Waals surface area (Å²) in [6.45, 7) is 0.0869. The van der Waals surface area contributed by atoms with Gasteiger partial charge in [-0.3, -0.25) is 9.59 Å². The van der Waals surface area contributed by atoms with Crippen molar-refractivity contribution in [2.24, 2.45) is 0 Å². The first-order valence-electron chi connectivity index (χ1n) is 8.49. The van der Waals surface area contributed by atoms with Gasteiger partial charge in [0.25, 0.3) is 5.91 Å². The number of carbonyl (C=O) groups excluding carboxylic acids is 2. The molecule has 6 nitrogen and oxygen atoms in total. The van der Waals surface area contributed by atoms with E-state index in [1.807, 2.05) is 6.07 Å². The number of thiazole rings is 1. The Bertz CT molecular complexity index is 1190. The molecular weight excluding hydrogens is 415 g/mol. The lowest BCUT2D eigenvalue weighted by Gasteiger charge is -2.10. The predicted octanol–water partition coefficient (Wildman–Crippen LogP) is 3.67. The van der Waals surface area contributed by atoms with Gasteiger partial charge >= 0.3 is 0 Å². The first kappa shape index (κ1) is 19.1. The van der Waals surface area contributed by atoms with E-state index in [1.165, 1.54) is 23.1 Å². The molecule has 0 spiro atoms. The highest BCUT2D eigenvalue weighted by Crippen LogP contribution is 2.38. The minimum atomic E-state index is -0.622. The average molecular weight is 427 g/mol. The lowest BCUT2D eigenvalue weighted by atomic mass is 10.0. The second kappa shape index (κ2) is 7.62. The number of aromatic nitrogens is 1. The minimum Gasteiger partial charge on any atom is -0.337 e. The molecule has 1 aliphatic rings. The van der Waals surface area contributed by atoms with Crippen LogP contribution in [0.4, 0.5) is 4.39 Å². The molecule has 1 aliphatic heterocycles. The molecular formula is C20H12ClFN4O2S. The molecule has 0 radical (unpaired) electrons. The van der Waals surface area contributed by atoms with Crippen molar-refractivity contribution < 1.29 is 14.0 Å². The molecule has 9 heteroatoms. The quantitative estimate of drug-likeness (QED) is 0.692. The lowest BCUT2D eigenvalue weighted by molar-refractivity contribution is -0.118. The van der Waals surface area contributed by atoms with Crippen molar-refractivity contribution in [1.82, 2.24) is 15.2 Å². The van der Waals surface area contributed by atoms with E-state index in [2.05, 4.69) is 10.3 Å². The second-order valence-corrected chi connectivity index (χ2v) is 7.71. The first-order valence-corrected chi connectivity index (χ1v) is 9.68. The molecule has 1 N–H and O–H groups in total. The summed E-state index contributed by atoms with van der Waals surface area (Å²) in [6.07, 6.45) is 0. The number of hydrogen-bond donors (Lipinski definition) is 1. The Labute approximate surface area is 174 Å². The van der Waals surface area contributed by atoms with Crippen LogP contribution in [-0.2, 0) is 4.79 Å². The Kier molecular flexibility index (Phi) is 5.01. The summed E-state index contributed by atoms with van der Waals surface area (Å²) in [5, 5.41) is 12.4. The molecule has 2 amide bonds. The van der Waals surface area contributed by atoms with Crippen LogP contribution in [0.2, 0.25) is 5.02 Å². The van der Waals surface area contributed by atoms with E-state index in [1.54, 1.807) is 24.3 Å². The van der Waals surface area contributed by atoms with E-state index < -0.39 is 5.82 Å². The molecule has 0 aliphatic carbocycles. The fourth-order valence-electron chi connectivity index (χ4n) is 2.94. The number of nitrogens with zero attached hydrogens (tertiary/aromatic N) is 3. The van der Waals surface area contributed by atoms with Gasteiger partial charge in [0.2, 0.25) is 5.91 Å². The lowest BCUT2D eigenvalue weighted by Crippen LogP contribution is -2.29. The number of nitrogens with one attached hydrogen (secondary N) is 1. The van der Waals surface area contributed by atoms with Crippen molar-refractivity contribution in [2.45, 2.75) is 0 Å². The third-order valence-electron chi connectivity index (χ3n) is 4.35. The number of amides is 2. The van der Waals surface area contributed by atoms with Gasteiger partial charge in [0, 0.05) is 10.6 Å². The summed E-state index contributed by atoms with van der Waals surface area (Å²) in [5.41, 5.74) is 1.64. The van der Waals surface area contributed by atoms with Crippen molar-refractivity contribution in [3.8, 4) is 27.8 Å². The molecule has 1 aromatic heterocycles. The largest absolute Gasteiger partial charge is 0.337 e. The fraction of sp³-hybridized carbons (Fsp3) is 0.100. The van der Waals surface area contributed by atoms with Crippen LogP contribution in [0.3, 0.4) is 0 Å². The zero-order chi connectivity index (χ0) is 20.5. The highest BCUT2D eigenvalue weighted by atomic mass is 35.5. The highest BCUT2D eigenvalue weighted by Gasteiger charge is 2.28. The van der Waals surface area contributed by atoms with Gasteiger partial charge in [-0.1, -0.05) is 29.8 Å². The SMILES string of the molecule is N#Cc1cc(-c2sc(C(=O)N3CNC(=O)C3)nc2-c2cccc(Cl)c2)ccc1F. The van der Waals surface area contributed by atoms with E-state index in [-0.39, 0.29) is 35.6 Å². The molecule has 0 unspecified atom stereocenters. The van der Waals surface area contributed by atoms with E-state index in [4.69, 9.17) is 16.9 Å². The molecule has 1 saturated heterocycles. The van der Waals surface area contributed by atoms with Crippen LogP contribution in [0.5, 0.6) is 0 Å². The summed E-state index contributed by atoms with van der Waals surface area (Å²) in [7, 11) is 0. The van der Waals surface area contributed by atoms with E-state index in [9.17, 15) is 14.0 Å². The van der Waals surface area contributed by atoms with Gasteiger partial charge in [0.05, 0.1) is 22.8 Å². The molecule has 29 heavy (non-hydrogen) atoms. The fourth-order valence-corrected chi connectivity index (χ4v) is 4.18. The summed E-state index contributed by atoms with van der Waals surface area (Å²) in [6, 6.07) is 13.0. The molecule has 0 saturated carbocycles. The van der Waals surface area contributed by atoms with Crippen LogP contribution in [-0.4, -0.2) is 34.9 Å². The summed E-state index contributed by atoms with van der Waals surface area (Å²) >= 11 is 7.23. The molecule has 2 aromatic carbocycles. The number of halogens is 2.